The second kappa shape index (κ2) is 6.74. The van der Waals surface area contributed by atoms with E-state index in [0.717, 1.165) is 5.56 Å². The van der Waals surface area contributed by atoms with Gasteiger partial charge in [-0.25, -0.2) is 4.79 Å². The molecule has 112 valence electrons. The summed E-state index contributed by atoms with van der Waals surface area (Å²) in [5.41, 5.74) is 1.10. The van der Waals surface area contributed by atoms with Crippen molar-refractivity contribution in [2.45, 2.75) is 46.7 Å². The molecule has 2 amide bonds. The van der Waals surface area contributed by atoms with Crippen LogP contribution < -0.4 is 10.6 Å². The van der Waals surface area contributed by atoms with Crippen LogP contribution in [0.4, 0.5) is 4.79 Å². The number of thiophene rings is 1. The maximum atomic E-state index is 11.9. The number of carbonyl (C=O) groups excluding carboxylic acids is 1. The maximum Gasteiger partial charge on any atom is 0.315 e. The fourth-order valence-corrected chi connectivity index (χ4v) is 2.96. The van der Waals surface area contributed by atoms with E-state index in [9.17, 15) is 9.59 Å². The lowest BCUT2D eigenvalue weighted by Gasteiger charge is -2.20. The Morgan fingerprint density at radius 3 is 2.25 bits per heavy atom. The zero-order valence-corrected chi connectivity index (χ0v) is 13.3. The van der Waals surface area contributed by atoms with Gasteiger partial charge in [0.05, 0.1) is 12.0 Å². The highest BCUT2D eigenvalue weighted by Gasteiger charge is 2.22. The Morgan fingerprint density at radius 1 is 1.20 bits per heavy atom. The van der Waals surface area contributed by atoms with Gasteiger partial charge in [0.25, 0.3) is 0 Å². The van der Waals surface area contributed by atoms with Gasteiger partial charge in [0.1, 0.15) is 0 Å². The molecule has 20 heavy (non-hydrogen) atoms. The second-order valence-electron chi connectivity index (χ2n) is 5.12. The van der Waals surface area contributed by atoms with Gasteiger partial charge >= 0.3 is 12.0 Å². The molecule has 3 unspecified atom stereocenters. The van der Waals surface area contributed by atoms with E-state index in [4.69, 9.17) is 5.11 Å². The third kappa shape index (κ3) is 4.23. The van der Waals surface area contributed by atoms with E-state index in [1.165, 1.54) is 9.75 Å². The van der Waals surface area contributed by atoms with Crippen LogP contribution in [-0.2, 0) is 4.79 Å². The van der Waals surface area contributed by atoms with Crippen molar-refractivity contribution in [3.05, 3.63) is 21.4 Å². The van der Waals surface area contributed by atoms with Gasteiger partial charge in [-0.1, -0.05) is 0 Å². The van der Waals surface area contributed by atoms with Gasteiger partial charge in [-0.2, -0.15) is 0 Å². The number of carboxylic acids is 1. The summed E-state index contributed by atoms with van der Waals surface area (Å²) in [5, 5.41) is 14.4. The van der Waals surface area contributed by atoms with E-state index in [0.29, 0.717) is 0 Å². The topological polar surface area (TPSA) is 78.4 Å². The highest BCUT2D eigenvalue weighted by atomic mass is 32.1. The maximum absolute atomic E-state index is 11.9. The standard InChI is InChI=1S/C14H22N2O3S/c1-7-6-12(11(5)20-7)10(4)16-14(19)15-9(3)8(2)13(17)18/h6,8-10H,1-5H3,(H,17,18)(H2,15,16,19). The third-order valence-corrected chi connectivity index (χ3v) is 4.37. The Hall–Kier alpha value is -1.56. The van der Waals surface area contributed by atoms with Crippen molar-refractivity contribution in [2.24, 2.45) is 5.92 Å². The molecule has 0 saturated carbocycles. The normalized spacial score (nSPS) is 15.2. The number of aliphatic carboxylic acids is 1. The lowest BCUT2D eigenvalue weighted by atomic mass is 10.0. The van der Waals surface area contributed by atoms with Crippen molar-refractivity contribution in [1.82, 2.24) is 10.6 Å². The first kappa shape index (κ1) is 16.5. The molecule has 5 nitrogen and oxygen atoms in total. The molecule has 0 spiro atoms. The number of carboxylic acid groups (broad SMARTS) is 1. The van der Waals surface area contributed by atoms with Crippen molar-refractivity contribution in [1.29, 1.82) is 0 Å². The van der Waals surface area contributed by atoms with Gasteiger partial charge in [0, 0.05) is 15.8 Å². The lowest BCUT2D eigenvalue weighted by Crippen LogP contribution is -2.45. The van der Waals surface area contributed by atoms with E-state index in [1.54, 1.807) is 25.2 Å². The number of aryl methyl sites for hydroxylation is 2. The third-order valence-electron chi connectivity index (χ3n) is 3.39. The second-order valence-corrected chi connectivity index (χ2v) is 6.58. The Balaban J connectivity index is 2.58. The molecule has 1 aromatic rings. The summed E-state index contributed by atoms with van der Waals surface area (Å²) in [5.74, 6) is -1.55. The number of carbonyl (C=O) groups is 2. The average molecular weight is 298 g/mol. The minimum Gasteiger partial charge on any atom is -0.481 e. The molecule has 0 aliphatic rings. The number of urea groups is 1. The fourth-order valence-electron chi connectivity index (χ4n) is 1.94. The molecule has 1 heterocycles. The fraction of sp³-hybridized carbons (Fsp3) is 0.571. The van der Waals surface area contributed by atoms with Gasteiger partial charge < -0.3 is 15.7 Å². The van der Waals surface area contributed by atoms with Gasteiger partial charge in [0.15, 0.2) is 0 Å². The van der Waals surface area contributed by atoms with Crippen LogP contribution in [0.5, 0.6) is 0 Å². The van der Waals surface area contributed by atoms with Crippen LogP contribution in [-0.4, -0.2) is 23.1 Å². The molecule has 0 saturated heterocycles. The molecule has 0 aromatic carbocycles. The Labute approximate surface area is 123 Å². The molecule has 0 aliphatic heterocycles. The number of nitrogens with one attached hydrogen (secondary N) is 2. The largest absolute Gasteiger partial charge is 0.481 e. The van der Waals surface area contributed by atoms with Crippen LogP contribution in [0.3, 0.4) is 0 Å². The first-order chi connectivity index (χ1) is 9.22. The monoisotopic (exact) mass is 298 g/mol. The molecule has 0 fully saturated rings. The van der Waals surface area contributed by atoms with Gasteiger partial charge in [-0.05, 0) is 46.2 Å². The highest BCUT2D eigenvalue weighted by molar-refractivity contribution is 7.12. The minimum absolute atomic E-state index is 0.104. The van der Waals surface area contributed by atoms with E-state index in [1.807, 2.05) is 20.8 Å². The highest BCUT2D eigenvalue weighted by Crippen LogP contribution is 2.25. The van der Waals surface area contributed by atoms with Crippen LogP contribution in [0.2, 0.25) is 0 Å². The molecular weight excluding hydrogens is 276 g/mol. The summed E-state index contributed by atoms with van der Waals surface area (Å²) < 4.78 is 0. The van der Waals surface area contributed by atoms with Gasteiger partial charge in [-0.15, -0.1) is 11.3 Å². The number of rotatable bonds is 5. The lowest BCUT2D eigenvalue weighted by molar-refractivity contribution is -0.141. The summed E-state index contributed by atoms with van der Waals surface area (Å²) in [6.07, 6.45) is 0. The molecule has 3 N–H and O–H groups in total. The minimum atomic E-state index is -0.921. The zero-order chi connectivity index (χ0) is 15.4. The van der Waals surface area contributed by atoms with Gasteiger partial charge in [-0.3, -0.25) is 4.79 Å². The molecule has 0 aliphatic carbocycles. The van der Waals surface area contributed by atoms with E-state index in [2.05, 4.69) is 16.7 Å². The SMILES string of the molecule is Cc1cc(C(C)NC(=O)NC(C)C(C)C(=O)O)c(C)s1. The predicted molar refractivity (Wildman–Crippen MR) is 80.1 cm³/mol. The van der Waals surface area contributed by atoms with E-state index >= 15 is 0 Å². The number of amides is 2. The number of hydrogen-bond donors (Lipinski definition) is 3. The molecule has 1 rings (SSSR count). The van der Waals surface area contributed by atoms with Crippen molar-refractivity contribution in [3.63, 3.8) is 0 Å². The smallest absolute Gasteiger partial charge is 0.315 e. The van der Waals surface area contributed by atoms with Gasteiger partial charge in [0.2, 0.25) is 0 Å². The quantitative estimate of drug-likeness (QED) is 0.782. The van der Waals surface area contributed by atoms with Crippen molar-refractivity contribution in [3.8, 4) is 0 Å². The Morgan fingerprint density at radius 2 is 1.80 bits per heavy atom. The summed E-state index contributed by atoms with van der Waals surface area (Å²) in [7, 11) is 0. The molecule has 0 bridgehead atoms. The summed E-state index contributed by atoms with van der Waals surface area (Å²) in [6, 6.07) is 1.19. The summed E-state index contributed by atoms with van der Waals surface area (Å²) in [4.78, 5) is 25.1. The summed E-state index contributed by atoms with van der Waals surface area (Å²) >= 11 is 1.70. The molecule has 6 heteroatoms. The van der Waals surface area contributed by atoms with Crippen LogP contribution in [0, 0.1) is 19.8 Å². The first-order valence-corrected chi connectivity index (χ1v) is 7.40. The molecule has 3 atom stereocenters. The summed E-state index contributed by atoms with van der Waals surface area (Å²) in [6.45, 7) is 9.23. The van der Waals surface area contributed by atoms with Crippen LogP contribution >= 0.6 is 11.3 Å². The Bertz CT molecular complexity index is 499. The molecular formula is C14H22N2O3S. The predicted octanol–water partition coefficient (Wildman–Crippen LogP) is 2.83. The average Bonchev–Trinajstić information content (AvgIpc) is 2.66. The first-order valence-electron chi connectivity index (χ1n) is 6.59. The molecule has 1 aromatic heterocycles. The van der Waals surface area contributed by atoms with Crippen molar-refractivity contribution < 1.29 is 14.7 Å². The van der Waals surface area contributed by atoms with Crippen LogP contribution in [0.25, 0.3) is 0 Å². The van der Waals surface area contributed by atoms with Crippen molar-refractivity contribution >= 4 is 23.3 Å². The van der Waals surface area contributed by atoms with Crippen LogP contribution in [0.15, 0.2) is 6.07 Å². The zero-order valence-electron chi connectivity index (χ0n) is 12.5. The molecule has 0 radical (unpaired) electrons. The number of hydrogen-bond acceptors (Lipinski definition) is 3. The van der Waals surface area contributed by atoms with Crippen LogP contribution in [0.1, 0.15) is 42.1 Å². The Kier molecular flexibility index (Phi) is 5.56. The van der Waals surface area contributed by atoms with E-state index in [-0.39, 0.29) is 12.1 Å². The van der Waals surface area contributed by atoms with Crippen molar-refractivity contribution in [2.75, 3.05) is 0 Å². The van der Waals surface area contributed by atoms with E-state index < -0.39 is 17.9 Å².